The van der Waals surface area contributed by atoms with Crippen molar-refractivity contribution in [3.8, 4) is 5.75 Å². The van der Waals surface area contributed by atoms with E-state index in [0.29, 0.717) is 5.56 Å². The summed E-state index contributed by atoms with van der Waals surface area (Å²) in [5, 5.41) is 8.67. The maximum atomic E-state index is 13.4. The highest BCUT2D eigenvalue weighted by molar-refractivity contribution is 5.88. The number of carboxylic acid groups (broad SMARTS) is 1. The minimum Gasteiger partial charge on any atom is -0.489 e. The van der Waals surface area contributed by atoms with Gasteiger partial charge in [0.05, 0.1) is 5.56 Å². The molecule has 0 fully saturated rings. The molecular weight excluding hydrogens is 254 g/mol. The number of halogens is 2. The molecule has 2 aromatic rings. The van der Waals surface area contributed by atoms with E-state index in [1.807, 2.05) is 0 Å². The number of rotatable bonds is 4. The molecule has 0 radical (unpaired) electrons. The Morgan fingerprint density at radius 3 is 2.58 bits per heavy atom. The van der Waals surface area contributed by atoms with Crippen LogP contribution < -0.4 is 4.74 Å². The van der Waals surface area contributed by atoms with Crippen molar-refractivity contribution >= 4 is 5.97 Å². The first kappa shape index (κ1) is 13.0. The fourth-order valence-electron chi connectivity index (χ4n) is 1.55. The minimum absolute atomic E-state index is 0.0730. The zero-order chi connectivity index (χ0) is 13.8. The molecule has 0 amide bonds. The highest BCUT2D eigenvalue weighted by Gasteiger charge is 2.10. The van der Waals surface area contributed by atoms with Crippen molar-refractivity contribution in [2.24, 2.45) is 0 Å². The Labute approximate surface area is 108 Å². The van der Waals surface area contributed by atoms with Crippen molar-refractivity contribution in [2.45, 2.75) is 6.61 Å². The van der Waals surface area contributed by atoms with Gasteiger partial charge in [-0.25, -0.2) is 13.6 Å². The maximum absolute atomic E-state index is 13.4. The predicted molar refractivity (Wildman–Crippen MR) is 64.1 cm³/mol. The van der Waals surface area contributed by atoms with Crippen molar-refractivity contribution in [2.75, 3.05) is 0 Å². The van der Waals surface area contributed by atoms with E-state index in [2.05, 4.69) is 0 Å². The van der Waals surface area contributed by atoms with E-state index in [9.17, 15) is 13.6 Å². The molecule has 98 valence electrons. The van der Waals surface area contributed by atoms with Gasteiger partial charge in [0.25, 0.3) is 0 Å². The number of carbonyl (C=O) groups is 1. The Morgan fingerprint density at radius 2 is 1.95 bits per heavy atom. The SMILES string of the molecule is O=C(O)c1ccc(OCc2cccc(F)c2)cc1F. The Morgan fingerprint density at radius 1 is 1.16 bits per heavy atom. The van der Waals surface area contributed by atoms with E-state index in [1.54, 1.807) is 12.1 Å². The first-order valence-electron chi connectivity index (χ1n) is 5.46. The Hall–Kier alpha value is -2.43. The molecule has 19 heavy (non-hydrogen) atoms. The smallest absolute Gasteiger partial charge is 0.338 e. The van der Waals surface area contributed by atoms with E-state index < -0.39 is 17.3 Å². The van der Waals surface area contributed by atoms with Crippen molar-refractivity contribution in [3.05, 3.63) is 65.2 Å². The van der Waals surface area contributed by atoms with E-state index in [1.165, 1.54) is 18.2 Å². The van der Waals surface area contributed by atoms with Crippen LogP contribution in [0.25, 0.3) is 0 Å². The van der Waals surface area contributed by atoms with Crippen molar-refractivity contribution in [3.63, 3.8) is 0 Å². The standard InChI is InChI=1S/C14H10F2O3/c15-10-3-1-2-9(6-10)8-19-11-4-5-12(14(17)18)13(16)7-11/h1-7H,8H2,(H,17,18). The fraction of sp³-hybridized carbons (Fsp3) is 0.0714. The van der Waals surface area contributed by atoms with Crippen LogP contribution in [0, 0.1) is 11.6 Å². The molecule has 0 unspecified atom stereocenters. The van der Waals surface area contributed by atoms with Crippen LogP contribution >= 0.6 is 0 Å². The van der Waals surface area contributed by atoms with Gasteiger partial charge in [-0.1, -0.05) is 12.1 Å². The molecule has 0 aliphatic rings. The normalized spacial score (nSPS) is 10.2. The predicted octanol–water partition coefficient (Wildman–Crippen LogP) is 3.24. The van der Waals surface area contributed by atoms with Gasteiger partial charge in [-0.05, 0) is 29.8 Å². The van der Waals surface area contributed by atoms with Gasteiger partial charge in [-0.15, -0.1) is 0 Å². The van der Waals surface area contributed by atoms with Crippen LogP contribution in [0.15, 0.2) is 42.5 Å². The van der Waals surface area contributed by atoms with Gasteiger partial charge in [-0.2, -0.15) is 0 Å². The van der Waals surface area contributed by atoms with Crippen molar-refractivity contribution in [1.29, 1.82) is 0 Å². The van der Waals surface area contributed by atoms with Crippen molar-refractivity contribution in [1.82, 2.24) is 0 Å². The molecular formula is C14H10F2O3. The summed E-state index contributed by atoms with van der Waals surface area (Å²) in [6, 6.07) is 9.30. The van der Waals surface area contributed by atoms with E-state index in [4.69, 9.17) is 9.84 Å². The molecule has 3 nitrogen and oxygen atoms in total. The average Bonchev–Trinajstić information content (AvgIpc) is 2.36. The van der Waals surface area contributed by atoms with E-state index >= 15 is 0 Å². The molecule has 2 rings (SSSR count). The third-order valence-corrected chi connectivity index (χ3v) is 2.47. The van der Waals surface area contributed by atoms with E-state index in [-0.39, 0.29) is 18.2 Å². The van der Waals surface area contributed by atoms with Gasteiger partial charge in [0.2, 0.25) is 0 Å². The van der Waals surface area contributed by atoms with Crippen LogP contribution in [0.1, 0.15) is 15.9 Å². The molecule has 0 bridgehead atoms. The summed E-state index contributed by atoms with van der Waals surface area (Å²) in [5.74, 6) is -2.40. The quantitative estimate of drug-likeness (QED) is 0.922. The lowest BCUT2D eigenvalue weighted by atomic mass is 10.2. The molecule has 0 saturated carbocycles. The second kappa shape index (κ2) is 5.48. The van der Waals surface area contributed by atoms with Gasteiger partial charge in [0.15, 0.2) is 0 Å². The van der Waals surface area contributed by atoms with Gasteiger partial charge in [0, 0.05) is 6.07 Å². The molecule has 0 spiro atoms. The largest absolute Gasteiger partial charge is 0.489 e. The molecule has 5 heteroatoms. The second-order valence-electron chi connectivity index (χ2n) is 3.87. The van der Waals surface area contributed by atoms with Crippen LogP contribution in [-0.2, 0) is 6.61 Å². The Kier molecular flexibility index (Phi) is 3.75. The average molecular weight is 264 g/mol. The molecule has 0 aliphatic heterocycles. The molecule has 0 saturated heterocycles. The number of ether oxygens (including phenoxy) is 1. The summed E-state index contributed by atoms with van der Waals surface area (Å²) < 4.78 is 31.6. The third-order valence-electron chi connectivity index (χ3n) is 2.47. The molecule has 1 N–H and O–H groups in total. The zero-order valence-electron chi connectivity index (χ0n) is 9.77. The van der Waals surface area contributed by atoms with Crippen LogP contribution in [0.4, 0.5) is 8.78 Å². The van der Waals surface area contributed by atoms with Gasteiger partial charge in [-0.3, -0.25) is 0 Å². The Balaban J connectivity index is 2.08. The van der Waals surface area contributed by atoms with Crippen LogP contribution in [-0.4, -0.2) is 11.1 Å². The lowest BCUT2D eigenvalue weighted by Gasteiger charge is -2.07. The van der Waals surface area contributed by atoms with Gasteiger partial charge >= 0.3 is 5.97 Å². The molecule has 2 aromatic carbocycles. The zero-order valence-corrected chi connectivity index (χ0v) is 9.77. The van der Waals surface area contributed by atoms with Gasteiger partial charge < -0.3 is 9.84 Å². The summed E-state index contributed by atoms with van der Waals surface area (Å²) in [6.07, 6.45) is 0. The van der Waals surface area contributed by atoms with E-state index in [0.717, 1.165) is 12.1 Å². The summed E-state index contributed by atoms with van der Waals surface area (Å²) in [6.45, 7) is 0.0730. The minimum atomic E-state index is -1.34. The maximum Gasteiger partial charge on any atom is 0.338 e. The van der Waals surface area contributed by atoms with Crippen LogP contribution in [0.2, 0.25) is 0 Å². The number of hydrogen-bond acceptors (Lipinski definition) is 2. The number of aromatic carboxylic acids is 1. The second-order valence-corrected chi connectivity index (χ2v) is 3.87. The van der Waals surface area contributed by atoms with Crippen LogP contribution in [0.3, 0.4) is 0 Å². The molecule has 0 atom stereocenters. The molecule has 0 aromatic heterocycles. The first-order valence-corrected chi connectivity index (χ1v) is 5.46. The van der Waals surface area contributed by atoms with Gasteiger partial charge in [0.1, 0.15) is 24.0 Å². The highest BCUT2D eigenvalue weighted by Crippen LogP contribution is 2.18. The lowest BCUT2D eigenvalue weighted by Crippen LogP contribution is -2.02. The fourth-order valence-corrected chi connectivity index (χ4v) is 1.55. The number of benzene rings is 2. The summed E-state index contributed by atoms with van der Waals surface area (Å²) in [5.41, 5.74) is 0.181. The third kappa shape index (κ3) is 3.28. The summed E-state index contributed by atoms with van der Waals surface area (Å²) in [4.78, 5) is 10.6. The number of carboxylic acids is 1. The van der Waals surface area contributed by atoms with Crippen LogP contribution in [0.5, 0.6) is 5.75 Å². The molecule has 0 aliphatic carbocycles. The summed E-state index contributed by atoms with van der Waals surface area (Å²) in [7, 11) is 0. The van der Waals surface area contributed by atoms with Crippen molar-refractivity contribution < 1.29 is 23.4 Å². The Bertz CT molecular complexity index is 611. The number of hydrogen-bond donors (Lipinski definition) is 1. The topological polar surface area (TPSA) is 46.5 Å². The first-order chi connectivity index (χ1) is 9.06. The summed E-state index contributed by atoms with van der Waals surface area (Å²) >= 11 is 0. The monoisotopic (exact) mass is 264 g/mol. The highest BCUT2D eigenvalue weighted by atomic mass is 19.1. The lowest BCUT2D eigenvalue weighted by molar-refractivity contribution is 0.0692. The molecule has 0 heterocycles.